The molecule has 0 saturated carbocycles. The van der Waals surface area contributed by atoms with Gasteiger partial charge in [-0.15, -0.1) is 11.8 Å². The maximum Gasteiger partial charge on any atom is 0.304 e. The molecule has 1 rings (SSSR count). The third-order valence-electron chi connectivity index (χ3n) is 1.75. The molecule has 0 aromatic carbocycles. The minimum Gasteiger partial charge on any atom is -0.481 e. The number of carboxylic acids is 1. The number of thioether (sulfide) groups is 1. The highest BCUT2D eigenvalue weighted by molar-refractivity contribution is 8.00. The summed E-state index contributed by atoms with van der Waals surface area (Å²) in [5, 5.41) is 19.0. The Hall–Kier alpha value is -1.63. The van der Waals surface area contributed by atoms with Gasteiger partial charge < -0.3 is 5.11 Å². The number of hydrogen-bond acceptors (Lipinski definition) is 5. The summed E-state index contributed by atoms with van der Waals surface area (Å²) in [6, 6.07) is 1.52. The summed E-state index contributed by atoms with van der Waals surface area (Å²) in [5.41, 5.74) is -0.0928. The van der Waals surface area contributed by atoms with Gasteiger partial charge in [0.05, 0.1) is 16.2 Å². The minimum absolute atomic E-state index is 0.0376. The first-order valence-corrected chi connectivity index (χ1v) is 5.35. The van der Waals surface area contributed by atoms with Crippen LogP contribution in [0.3, 0.4) is 0 Å². The molecule has 0 aliphatic heterocycles. The quantitative estimate of drug-likeness (QED) is 0.482. The molecule has 0 radical (unpaired) electrons. The van der Waals surface area contributed by atoms with E-state index in [2.05, 4.69) is 4.98 Å². The predicted molar refractivity (Wildman–Crippen MR) is 58.5 cm³/mol. The van der Waals surface area contributed by atoms with Gasteiger partial charge in [0.25, 0.3) is 0 Å². The molecule has 7 heteroatoms. The monoisotopic (exact) mass is 242 g/mol. The molecule has 1 heterocycles. The van der Waals surface area contributed by atoms with E-state index in [-0.39, 0.29) is 17.4 Å². The maximum absolute atomic E-state index is 10.7. The molecule has 1 aromatic heterocycles. The van der Waals surface area contributed by atoms with E-state index >= 15 is 0 Å². The van der Waals surface area contributed by atoms with E-state index in [1.165, 1.54) is 12.3 Å². The lowest BCUT2D eigenvalue weighted by Crippen LogP contribution is -2.06. The van der Waals surface area contributed by atoms with Crippen LogP contribution in [0.2, 0.25) is 0 Å². The van der Waals surface area contributed by atoms with Gasteiger partial charge in [-0.25, -0.2) is 0 Å². The van der Waals surface area contributed by atoms with Crippen LogP contribution in [0.15, 0.2) is 23.4 Å². The lowest BCUT2D eigenvalue weighted by molar-refractivity contribution is -0.388. The summed E-state index contributed by atoms with van der Waals surface area (Å²) in [7, 11) is 0. The molecule has 0 saturated heterocycles. The predicted octanol–water partition coefficient (Wildman–Crippen LogP) is 1.95. The summed E-state index contributed by atoms with van der Waals surface area (Å²) in [6.07, 6.45) is 2.57. The van der Waals surface area contributed by atoms with Crippen LogP contribution in [-0.2, 0) is 4.79 Å². The Balaban J connectivity index is 2.80. The number of carbonyl (C=O) groups is 1. The van der Waals surface area contributed by atoms with Crippen LogP contribution < -0.4 is 0 Å². The van der Waals surface area contributed by atoms with Crippen molar-refractivity contribution in [1.82, 2.24) is 4.98 Å². The molecule has 0 bridgehead atoms. The van der Waals surface area contributed by atoms with Crippen LogP contribution in [0.25, 0.3) is 0 Å². The van der Waals surface area contributed by atoms with E-state index in [1.807, 2.05) is 0 Å². The summed E-state index contributed by atoms with van der Waals surface area (Å²) in [5.74, 6) is -0.920. The van der Waals surface area contributed by atoms with E-state index < -0.39 is 10.9 Å². The van der Waals surface area contributed by atoms with Crippen molar-refractivity contribution in [2.45, 2.75) is 23.5 Å². The fourth-order valence-electron chi connectivity index (χ4n) is 1.11. The first-order chi connectivity index (χ1) is 7.50. The number of rotatable bonds is 5. The Kier molecular flexibility index (Phi) is 4.24. The molecule has 1 atom stereocenters. The van der Waals surface area contributed by atoms with E-state index in [0.717, 1.165) is 18.0 Å². The minimum atomic E-state index is -0.920. The number of hydrogen-bond donors (Lipinski definition) is 1. The highest BCUT2D eigenvalue weighted by atomic mass is 32.2. The number of carboxylic acid groups (broad SMARTS) is 1. The van der Waals surface area contributed by atoms with Crippen molar-refractivity contribution in [3.63, 3.8) is 0 Å². The van der Waals surface area contributed by atoms with E-state index in [0.29, 0.717) is 4.90 Å². The third kappa shape index (κ3) is 3.50. The Labute approximate surface area is 95.8 Å². The maximum atomic E-state index is 10.7. The van der Waals surface area contributed by atoms with Gasteiger partial charge in [-0.1, -0.05) is 6.92 Å². The molecule has 0 amide bonds. The van der Waals surface area contributed by atoms with Gasteiger partial charge in [0.2, 0.25) is 0 Å². The summed E-state index contributed by atoms with van der Waals surface area (Å²) >= 11 is 1.16. The van der Waals surface area contributed by atoms with Crippen molar-refractivity contribution in [1.29, 1.82) is 0 Å². The van der Waals surface area contributed by atoms with Crippen LogP contribution in [0.1, 0.15) is 13.3 Å². The van der Waals surface area contributed by atoms with Crippen molar-refractivity contribution in [2.24, 2.45) is 0 Å². The van der Waals surface area contributed by atoms with Crippen LogP contribution in [0, 0.1) is 10.1 Å². The molecule has 0 fully saturated rings. The normalized spacial score (nSPS) is 12.1. The van der Waals surface area contributed by atoms with Gasteiger partial charge in [-0.05, 0) is 6.07 Å². The first-order valence-electron chi connectivity index (χ1n) is 4.47. The fraction of sp³-hybridized carbons (Fsp3) is 0.333. The molecule has 0 aliphatic carbocycles. The molecule has 1 aromatic rings. The molecule has 86 valence electrons. The standard InChI is InChI=1S/C9H10N2O4S/c1-6(4-9(12)13)16-8-2-3-10-5-7(8)11(14)15/h2-3,5-6H,4H2,1H3,(H,12,13). The molecular weight excluding hydrogens is 232 g/mol. The van der Waals surface area contributed by atoms with Gasteiger partial charge in [0, 0.05) is 11.4 Å². The van der Waals surface area contributed by atoms with Gasteiger partial charge in [0.1, 0.15) is 6.20 Å². The smallest absolute Gasteiger partial charge is 0.304 e. The second-order valence-electron chi connectivity index (χ2n) is 3.13. The second-order valence-corrected chi connectivity index (χ2v) is 4.61. The van der Waals surface area contributed by atoms with Crippen molar-refractivity contribution in [2.75, 3.05) is 0 Å². The van der Waals surface area contributed by atoms with Crippen LogP contribution in [0.5, 0.6) is 0 Å². The number of nitro groups is 1. The van der Waals surface area contributed by atoms with Gasteiger partial charge >= 0.3 is 11.7 Å². The van der Waals surface area contributed by atoms with E-state index in [9.17, 15) is 14.9 Å². The summed E-state index contributed by atoms with van der Waals surface area (Å²) in [6.45, 7) is 1.71. The zero-order valence-electron chi connectivity index (χ0n) is 8.49. The van der Waals surface area contributed by atoms with Crippen LogP contribution in [0.4, 0.5) is 5.69 Å². The van der Waals surface area contributed by atoms with E-state index in [4.69, 9.17) is 5.11 Å². The van der Waals surface area contributed by atoms with Gasteiger partial charge in [-0.2, -0.15) is 0 Å². The third-order valence-corrected chi connectivity index (χ3v) is 2.92. The van der Waals surface area contributed by atoms with Gasteiger partial charge in [-0.3, -0.25) is 19.9 Å². The van der Waals surface area contributed by atoms with E-state index in [1.54, 1.807) is 6.92 Å². The number of aromatic nitrogens is 1. The summed E-state index contributed by atoms with van der Waals surface area (Å²) in [4.78, 5) is 24.7. The molecule has 1 unspecified atom stereocenters. The molecule has 0 aliphatic rings. The van der Waals surface area contributed by atoms with Crippen LogP contribution >= 0.6 is 11.8 Å². The highest BCUT2D eigenvalue weighted by Gasteiger charge is 2.17. The number of nitrogens with zero attached hydrogens (tertiary/aromatic N) is 2. The largest absolute Gasteiger partial charge is 0.481 e. The Bertz CT molecular complexity index is 410. The van der Waals surface area contributed by atoms with Crippen molar-refractivity contribution in [3.8, 4) is 0 Å². The molecule has 6 nitrogen and oxygen atoms in total. The lowest BCUT2D eigenvalue weighted by atomic mass is 10.3. The number of aliphatic carboxylic acids is 1. The van der Waals surface area contributed by atoms with Gasteiger partial charge in [0.15, 0.2) is 0 Å². The molecular formula is C9H10N2O4S. The number of pyridine rings is 1. The molecule has 16 heavy (non-hydrogen) atoms. The Morgan fingerprint density at radius 3 is 3.00 bits per heavy atom. The zero-order chi connectivity index (χ0) is 12.1. The topological polar surface area (TPSA) is 93.3 Å². The summed E-state index contributed by atoms with van der Waals surface area (Å²) < 4.78 is 0. The fourth-order valence-corrected chi connectivity index (χ4v) is 2.16. The van der Waals surface area contributed by atoms with Crippen molar-refractivity contribution < 1.29 is 14.8 Å². The Morgan fingerprint density at radius 1 is 1.75 bits per heavy atom. The van der Waals surface area contributed by atoms with Crippen LogP contribution in [-0.4, -0.2) is 26.2 Å². The highest BCUT2D eigenvalue weighted by Crippen LogP contribution is 2.32. The zero-order valence-corrected chi connectivity index (χ0v) is 9.31. The molecule has 0 spiro atoms. The average Bonchev–Trinajstić information content (AvgIpc) is 2.16. The molecule has 1 N–H and O–H groups in total. The van der Waals surface area contributed by atoms with Crippen molar-refractivity contribution in [3.05, 3.63) is 28.6 Å². The Morgan fingerprint density at radius 2 is 2.44 bits per heavy atom. The second kappa shape index (κ2) is 5.45. The van der Waals surface area contributed by atoms with Crippen molar-refractivity contribution >= 4 is 23.4 Å². The lowest BCUT2D eigenvalue weighted by Gasteiger charge is -2.07. The first kappa shape index (κ1) is 12.4. The average molecular weight is 242 g/mol. The SMILES string of the molecule is CC(CC(=O)O)Sc1ccncc1[N+](=O)[O-].